The number of amides is 2. The fourth-order valence-corrected chi connectivity index (χ4v) is 2.14. The van der Waals surface area contributed by atoms with Crippen molar-refractivity contribution in [3.05, 3.63) is 30.0 Å². The molecule has 0 atom stereocenters. The highest BCUT2D eigenvalue weighted by atomic mass is 32.2. The summed E-state index contributed by atoms with van der Waals surface area (Å²) in [5, 5.41) is 10.5. The van der Waals surface area contributed by atoms with E-state index in [2.05, 4.69) is 15.5 Å². The van der Waals surface area contributed by atoms with E-state index in [1.54, 1.807) is 17.7 Å². The van der Waals surface area contributed by atoms with Gasteiger partial charge in [0.1, 0.15) is 5.82 Å². The van der Waals surface area contributed by atoms with Crippen molar-refractivity contribution in [2.75, 3.05) is 5.75 Å². The van der Waals surface area contributed by atoms with Crippen molar-refractivity contribution in [1.82, 2.24) is 20.1 Å². The molecule has 8 nitrogen and oxygen atoms in total. The van der Waals surface area contributed by atoms with E-state index >= 15 is 0 Å². The van der Waals surface area contributed by atoms with Gasteiger partial charge in [0.15, 0.2) is 10.9 Å². The van der Waals surface area contributed by atoms with E-state index < -0.39 is 11.8 Å². The van der Waals surface area contributed by atoms with Gasteiger partial charge in [-0.25, -0.2) is 0 Å². The first kappa shape index (κ1) is 14.3. The molecule has 9 heteroatoms. The van der Waals surface area contributed by atoms with Crippen LogP contribution >= 0.6 is 11.8 Å². The zero-order valence-electron chi connectivity index (χ0n) is 10.7. The number of aromatic nitrogens is 3. The number of nitrogens with two attached hydrogens (primary N) is 1. The third-order valence-electron chi connectivity index (χ3n) is 2.44. The molecular weight excluding hydrogens is 282 g/mol. The van der Waals surface area contributed by atoms with Gasteiger partial charge in [0.25, 0.3) is 5.91 Å². The third-order valence-corrected chi connectivity index (χ3v) is 3.46. The number of hydrogen-bond acceptors (Lipinski definition) is 7. The van der Waals surface area contributed by atoms with Gasteiger partial charge in [0, 0.05) is 7.05 Å². The Kier molecular flexibility index (Phi) is 4.53. The lowest BCUT2D eigenvalue weighted by molar-refractivity contribution is -0.117. The number of carbonyl (C=O) groups excluding carboxylic acids is 2. The Morgan fingerprint density at radius 3 is 2.90 bits per heavy atom. The molecule has 106 valence electrons. The van der Waals surface area contributed by atoms with Gasteiger partial charge < -0.3 is 14.7 Å². The number of furan rings is 1. The van der Waals surface area contributed by atoms with Gasteiger partial charge in [-0.05, 0) is 12.1 Å². The summed E-state index contributed by atoms with van der Waals surface area (Å²) in [4.78, 5) is 23.2. The van der Waals surface area contributed by atoms with Crippen molar-refractivity contribution in [1.29, 1.82) is 0 Å². The average Bonchev–Trinajstić information content (AvgIpc) is 3.06. The van der Waals surface area contributed by atoms with Crippen molar-refractivity contribution in [2.45, 2.75) is 11.7 Å². The molecule has 0 unspecified atom stereocenters. The summed E-state index contributed by atoms with van der Waals surface area (Å²) in [7, 11) is 1.76. The Bertz CT molecular complexity index is 608. The standard InChI is InChI=1S/C11H13N5O3S/c1-16-8(5-12)14-15-11(16)20-6-9(17)13-10(18)7-3-2-4-19-7/h2-4H,5-6,12H2,1H3,(H,13,17,18). The van der Waals surface area contributed by atoms with E-state index in [1.807, 2.05) is 0 Å². The molecule has 2 amide bonds. The second-order valence-electron chi connectivity index (χ2n) is 3.81. The number of rotatable bonds is 5. The molecule has 0 radical (unpaired) electrons. The van der Waals surface area contributed by atoms with Crippen LogP contribution in [0.4, 0.5) is 0 Å². The number of imide groups is 1. The largest absolute Gasteiger partial charge is 0.459 e. The molecule has 3 N–H and O–H groups in total. The molecule has 0 aliphatic carbocycles. The molecule has 0 bridgehead atoms. The first-order chi connectivity index (χ1) is 9.61. The smallest absolute Gasteiger partial charge is 0.293 e. The number of thioether (sulfide) groups is 1. The highest BCUT2D eigenvalue weighted by Gasteiger charge is 2.14. The number of nitrogens with one attached hydrogen (secondary N) is 1. The quantitative estimate of drug-likeness (QED) is 0.741. The maximum atomic E-state index is 11.6. The predicted octanol–water partition coefficient (Wildman–Crippen LogP) is -0.0845. The van der Waals surface area contributed by atoms with Crippen LogP contribution in [-0.2, 0) is 18.4 Å². The minimum absolute atomic E-state index is 0.0446. The van der Waals surface area contributed by atoms with Crippen LogP contribution in [0.1, 0.15) is 16.4 Å². The molecule has 20 heavy (non-hydrogen) atoms. The van der Waals surface area contributed by atoms with Crippen LogP contribution in [0.2, 0.25) is 0 Å². The molecule has 0 saturated heterocycles. The van der Waals surface area contributed by atoms with E-state index in [-0.39, 0.29) is 18.1 Å². The molecule has 0 aliphatic heterocycles. The molecule has 0 aliphatic rings. The first-order valence-corrected chi connectivity index (χ1v) is 6.69. The fraction of sp³-hybridized carbons (Fsp3) is 0.273. The predicted molar refractivity (Wildman–Crippen MR) is 70.8 cm³/mol. The van der Waals surface area contributed by atoms with E-state index in [9.17, 15) is 9.59 Å². The summed E-state index contributed by atoms with van der Waals surface area (Å²) in [6.45, 7) is 0.271. The summed E-state index contributed by atoms with van der Waals surface area (Å²) in [6, 6.07) is 3.05. The number of carbonyl (C=O) groups is 2. The Morgan fingerprint density at radius 1 is 1.50 bits per heavy atom. The molecule has 2 rings (SSSR count). The lowest BCUT2D eigenvalue weighted by Crippen LogP contribution is -2.31. The molecule has 0 aromatic carbocycles. The normalized spacial score (nSPS) is 10.5. The maximum absolute atomic E-state index is 11.6. The summed E-state index contributed by atoms with van der Waals surface area (Å²) >= 11 is 1.17. The minimum atomic E-state index is -0.568. The van der Waals surface area contributed by atoms with Gasteiger partial charge in [0.2, 0.25) is 5.91 Å². The van der Waals surface area contributed by atoms with Crippen molar-refractivity contribution in [2.24, 2.45) is 12.8 Å². The molecule has 0 spiro atoms. The summed E-state index contributed by atoms with van der Waals surface area (Å²) < 4.78 is 6.59. The van der Waals surface area contributed by atoms with Crippen molar-refractivity contribution >= 4 is 23.6 Å². The zero-order valence-corrected chi connectivity index (χ0v) is 11.5. The van der Waals surface area contributed by atoms with E-state index in [0.717, 1.165) is 0 Å². The summed E-state index contributed by atoms with van der Waals surface area (Å²) in [5.41, 5.74) is 5.47. The highest BCUT2D eigenvalue weighted by Crippen LogP contribution is 2.14. The Morgan fingerprint density at radius 2 is 2.30 bits per heavy atom. The highest BCUT2D eigenvalue weighted by molar-refractivity contribution is 7.99. The topological polar surface area (TPSA) is 116 Å². The summed E-state index contributed by atoms with van der Waals surface area (Å²) in [5.74, 6) is -0.245. The van der Waals surface area contributed by atoms with Gasteiger partial charge in [-0.3, -0.25) is 14.9 Å². The second kappa shape index (κ2) is 6.35. The van der Waals surface area contributed by atoms with Gasteiger partial charge in [-0.2, -0.15) is 0 Å². The van der Waals surface area contributed by atoms with Crippen molar-refractivity contribution in [3.63, 3.8) is 0 Å². The third kappa shape index (κ3) is 3.25. The van der Waals surface area contributed by atoms with E-state index in [0.29, 0.717) is 11.0 Å². The van der Waals surface area contributed by atoms with Gasteiger partial charge in [0.05, 0.1) is 18.6 Å². The first-order valence-electron chi connectivity index (χ1n) is 5.70. The van der Waals surface area contributed by atoms with E-state index in [4.69, 9.17) is 10.2 Å². The van der Waals surface area contributed by atoms with Crippen molar-refractivity contribution < 1.29 is 14.0 Å². The SMILES string of the molecule is Cn1c(CN)nnc1SCC(=O)NC(=O)c1ccco1. The van der Waals surface area contributed by atoms with Crippen LogP contribution in [0.25, 0.3) is 0 Å². The lowest BCUT2D eigenvalue weighted by Gasteiger charge is -2.03. The number of hydrogen-bond donors (Lipinski definition) is 2. The maximum Gasteiger partial charge on any atom is 0.293 e. The molecule has 0 saturated carbocycles. The Balaban J connectivity index is 1.86. The van der Waals surface area contributed by atoms with Crippen LogP contribution in [-0.4, -0.2) is 32.3 Å². The van der Waals surface area contributed by atoms with Gasteiger partial charge >= 0.3 is 0 Å². The Hall–Kier alpha value is -2.13. The van der Waals surface area contributed by atoms with Crippen LogP contribution in [0, 0.1) is 0 Å². The van der Waals surface area contributed by atoms with Gasteiger partial charge in [-0.1, -0.05) is 11.8 Å². The minimum Gasteiger partial charge on any atom is -0.459 e. The summed E-state index contributed by atoms with van der Waals surface area (Å²) in [6.07, 6.45) is 1.36. The monoisotopic (exact) mass is 295 g/mol. The Labute approximate surface area is 118 Å². The van der Waals surface area contributed by atoms with Crippen LogP contribution < -0.4 is 11.1 Å². The van der Waals surface area contributed by atoms with Crippen LogP contribution in [0.5, 0.6) is 0 Å². The zero-order chi connectivity index (χ0) is 14.5. The molecule has 0 fully saturated rings. The van der Waals surface area contributed by atoms with Crippen LogP contribution in [0.3, 0.4) is 0 Å². The molecular formula is C11H13N5O3S. The fourth-order valence-electron chi connectivity index (χ4n) is 1.41. The molecule has 2 heterocycles. The van der Waals surface area contributed by atoms with Crippen molar-refractivity contribution in [3.8, 4) is 0 Å². The second-order valence-corrected chi connectivity index (χ2v) is 4.75. The average molecular weight is 295 g/mol. The molecule has 2 aromatic rings. The lowest BCUT2D eigenvalue weighted by atomic mass is 10.4. The van der Waals surface area contributed by atoms with Gasteiger partial charge in [-0.15, -0.1) is 10.2 Å². The van der Waals surface area contributed by atoms with Crippen LogP contribution in [0.15, 0.2) is 28.0 Å². The van der Waals surface area contributed by atoms with E-state index in [1.165, 1.54) is 24.1 Å². The number of nitrogens with zero attached hydrogens (tertiary/aromatic N) is 3. The molecule has 2 aromatic heterocycles.